The molecule has 1 fully saturated rings. The molecule has 1 heterocycles. The van der Waals surface area contributed by atoms with E-state index in [0.29, 0.717) is 32.7 Å². The molecule has 0 aliphatic carbocycles. The van der Waals surface area contributed by atoms with Crippen LogP contribution in [0.15, 0.2) is 24.3 Å². The number of halogens is 1. The molecular formula is C19H28FN3O3. The first-order valence-corrected chi connectivity index (χ1v) is 9.20. The number of ether oxygens (including phenoxy) is 1. The van der Waals surface area contributed by atoms with Crippen LogP contribution in [0.5, 0.6) is 5.75 Å². The molecule has 144 valence electrons. The lowest BCUT2D eigenvalue weighted by Crippen LogP contribution is -2.51. The summed E-state index contributed by atoms with van der Waals surface area (Å²) < 4.78 is 18.8. The Bertz CT molecular complexity index is 599. The number of carbonyl (C=O) groups excluding carboxylic acids is 2. The maximum atomic E-state index is 13.5. The number of para-hydroxylation sites is 1. The van der Waals surface area contributed by atoms with Gasteiger partial charge in [-0.15, -0.1) is 0 Å². The average molecular weight is 365 g/mol. The molecule has 7 heteroatoms. The van der Waals surface area contributed by atoms with Crippen molar-refractivity contribution >= 4 is 11.8 Å². The Kier molecular flexibility index (Phi) is 7.84. The number of hydrogen-bond acceptors (Lipinski definition) is 4. The van der Waals surface area contributed by atoms with Gasteiger partial charge in [0.25, 0.3) is 0 Å². The number of hydrogen-bond donors (Lipinski definition) is 0. The minimum Gasteiger partial charge on any atom is -0.490 e. The quantitative estimate of drug-likeness (QED) is 0.702. The summed E-state index contributed by atoms with van der Waals surface area (Å²) in [5.74, 6) is -0.129. The van der Waals surface area contributed by atoms with Crippen LogP contribution in [0.1, 0.15) is 20.3 Å². The first kappa shape index (κ1) is 20.2. The molecule has 0 N–H and O–H groups in total. The van der Waals surface area contributed by atoms with Gasteiger partial charge in [0.2, 0.25) is 11.8 Å². The highest BCUT2D eigenvalue weighted by Gasteiger charge is 2.23. The third kappa shape index (κ3) is 5.69. The molecule has 1 saturated heterocycles. The smallest absolute Gasteiger partial charge is 0.236 e. The third-order valence-electron chi connectivity index (χ3n) is 4.61. The molecule has 0 aromatic heterocycles. The van der Waals surface area contributed by atoms with Crippen LogP contribution >= 0.6 is 0 Å². The lowest BCUT2D eigenvalue weighted by atomic mass is 10.2. The highest BCUT2D eigenvalue weighted by atomic mass is 19.1. The fourth-order valence-corrected chi connectivity index (χ4v) is 2.99. The zero-order chi connectivity index (χ0) is 18.9. The summed E-state index contributed by atoms with van der Waals surface area (Å²) in [6.07, 6.45) is 0.215. The number of piperazine rings is 1. The van der Waals surface area contributed by atoms with E-state index in [2.05, 4.69) is 4.90 Å². The van der Waals surface area contributed by atoms with Crippen molar-refractivity contribution in [2.45, 2.75) is 20.3 Å². The van der Waals surface area contributed by atoms with Gasteiger partial charge in [-0.2, -0.15) is 0 Å². The maximum absolute atomic E-state index is 13.5. The van der Waals surface area contributed by atoms with E-state index in [1.54, 1.807) is 23.1 Å². The van der Waals surface area contributed by atoms with Crippen molar-refractivity contribution in [3.63, 3.8) is 0 Å². The van der Waals surface area contributed by atoms with Crippen molar-refractivity contribution in [1.29, 1.82) is 0 Å². The molecular weight excluding hydrogens is 337 g/mol. The van der Waals surface area contributed by atoms with Gasteiger partial charge in [0.05, 0.1) is 19.6 Å². The van der Waals surface area contributed by atoms with Gasteiger partial charge in [0, 0.05) is 39.3 Å². The van der Waals surface area contributed by atoms with Crippen molar-refractivity contribution in [3.8, 4) is 5.75 Å². The first-order chi connectivity index (χ1) is 12.5. The van der Waals surface area contributed by atoms with Crippen LogP contribution < -0.4 is 4.74 Å². The first-order valence-electron chi connectivity index (χ1n) is 9.20. The van der Waals surface area contributed by atoms with Crippen LogP contribution in [0.3, 0.4) is 0 Å². The Balaban J connectivity index is 1.69. The molecule has 1 aliphatic rings. The van der Waals surface area contributed by atoms with E-state index in [9.17, 15) is 14.0 Å². The standard InChI is InChI=1S/C19H28FN3O3/c1-3-22(4-2)19(25)15-21-10-12-23(13-11-21)18(24)9-14-26-17-8-6-5-7-16(17)20/h5-8H,3-4,9-15H2,1-2H3. The van der Waals surface area contributed by atoms with Crippen molar-refractivity contribution in [1.82, 2.24) is 14.7 Å². The van der Waals surface area contributed by atoms with Gasteiger partial charge in [-0.1, -0.05) is 12.1 Å². The fraction of sp³-hybridized carbons (Fsp3) is 0.579. The molecule has 0 radical (unpaired) electrons. The molecule has 1 aromatic rings. The summed E-state index contributed by atoms with van der Waals surface area (Å²) >= 11 is 0. The highest BCUT2D eigenvalue weighted by Crippen LogP contribution is 2.15. The second kappa shape index (κ2) is 10.1. The maximum Gasteiger partial charge on any atom is 0.236 e. The highest BCUT2D eigenvalue weighted by molar-refractivity contribution is 5.78. The Hall–Kier alpha value is -2.15. The van der Waals surface area contributed by atoms with Gasteiger partial charge < -0.3 is 14.5 Å². The summed E-state index contributed by atoms with van der Waals surface area (Å²) in [5.41, 5.74) is 0. The second-order valence-electron chi connectivity index (χ2n) is 6.25. The van der Waals surface area contributed by atoms with Gasteiger partial charge in [-0.05, 0) is 26.0 Å². The van der Waals surface area contributed by atoms with Crippen LogP contribution in [0.25, 0.3) is 0 Å². The van der Waals surface area contributed by atoms with E-state index >= 15 is 0 Å². The van der Waals surface area contributed by atoms with Crippen LogP contribution in [0.2, 0.25) is 0 Å². The molecule has 26 heavy (non-hydrogen) atoms. The number of rotatable bonds is 8. The van der Waals surface area contributed by atoms with Crippen molar-refractivity contribution in [3.05, 3.63) is 30.1 Å². The third-order valence-corrected chi connectivity index (χ3v) is 4.61. The van der Waals surface area contributed by atoms with Gasteiger partial charge in [0.1, 0.15) is 0 Å². The van der Waals surface area contributed by atoms with Gasteiger partial charge >= 0.3 is 0 Å². The van der Waals surface area contributed by atoms with Crippen molar-refractivity contribution < 1.29 is 18.7 Å². The normalized spacial score (nSPS) is 15.0. The molecule has 1 aromatic carbocycles. The summed E-state index contributed by atoms with van der Waals surface area (Å²) in [7, 11) is 0. The summed E-state index contributed by atoms with van der Waals surface area (Å²) in [5, 5.41) is 0. The molecule has 0 saturated carbocycles. The molecule has 2 amide bonds. The zero-order valence-corrected chi connectivity index (χ0v) is 15.6. The van der Waals surface area contributed by atoms with Crippen LogP contribution in [-0.2, 0) is 9.59 Å². The minimum absolute atomic E-state index is 0.00365. The predicted octanol–water partition coefficient (Wildman–Crippen LogP) is 1.61. The van der Waals surface area contributed by atoms with Crippen LogP contribution in [0, 0.1) is 5.82 Å². The molecule has 0 unspecified atom stereocenters. The van der Waals surface area contributed by atoms with Crippen LogP contribution in [0.4, 0.5) is 4.39 Å². The van der Waals surface area contributed by atoms with E-state index in [1.807, 2.05) is 18.7 Å². The van der Waals surface area contributed by atoms with E-state index in [-0.39, 0.29) is 30.6 Å². The summed E-state index contributed by atoms with van der Waals surface area (Å²) in [4.78, 5) is 30.1. The van der Waals surface area contributed by atoms with Gasteiger partial charge in [0.15, 0.2) is 11.6 Å². The van der Waals surface area contributed by atoms with Crippen molar-refractivity contribution in [2.75, 3.05) is 52.4 Å². The number of benzene rings is 1. The average Bonchev–Trinajstić information content (AvgIpc) is 2.65. The Morgan fingerprint density at radius 3 is 2.38 bits per heavy atom. The summed E-state index contributed by atoms with van der Waals surface area (Å²) in [6, 6.07) is 6.16. The molecule has 0 atom stereocenters. The SMILES string of the molecule is CCN(CC)C(=O)CN1CCN(C(=O)CCOc2ccccc2F)CC1. The molecule has 1 aliphatic heterocycles. The van der Waals surface area contributed by atoms with Gasteiger partial charge in [-0.25, -0.2) is 4.39 Å². The van der Waals surface area contributed by atoms with E-state index in [0.717, 1.165) is 13.1 Å². The number of amides is 2. The number of likely N-dealkylation sites (N-methyl/N-ethyl adjacent to an activating group) is 1. The monoisotopic (exact) mass is 365 g/mol. The Labute approximate surface area is 154 Å². The predicted molar refractivity (Wildman–Crippen MR) is 97.5 cm³/mol. The second-order valence-corrected chi connectivity index (χ2v) is 6.25. The number of nitrogens with zero attached hydrogens (tertiary/aromatic N) is 3. The number of carbonyl (C=O) groups is 2. The lowest BCUT2D eigenvalue weighted by Gasteiger charge is -2.35. The largest absolute Gasteiger partial charge is 0.490 e. The lowest BCUT2D eigenvalue weighted by molar-refractivity contribution is -0.135. The van der Waals surface area contributed by atoms with Gasteiger partial charge in [-0.3, -0.25) is 14.5 Å². The zero-order valence-electron chi connectivity index (χ0n) is 15.6. The van der Waals surface area contributed by atoms with E-state index in [4.69, 9.17) is 4.74 Å². The minimum atomic E-state index is -0.425. The Morgan fingerprint density at radius 1 is 1.12 bits per heavy atom. The molecule has 6 nitrogen and oxygen atoms in total. The van der Waals surface area contributed by atoms with Crippen LogP contribution in [-0.4, -0.2) is 78.9 Å². The molecule has 0 bridgehead atoms. The molecule has 0 spiro atoms. The van der Waals surface area contributed by atoms with Crippen molar-refractivity contribution in [2.24, 2.45) is 0 Å². The fourth-order valence-electron chi connectivity index (χ4n) is 2.99. The summed E-state index contributed by atoms with van der Waals surface area (Å²) in [6.45, 7) is 8.52. The van der Waals surface area contributed by atoms with E-state index in [1.165, 1.54) is 6.07 Å². The Morgan fingerprint density at radius 2 is 1.77 bits per heavy atom. The molecule has 2 rings (SSSR count). The topological polar surface area (TPSA) is 53.1 Å². The van der Waals surface area contributed by atoms with E-state index < -0.39 is 5.82 Å².